The molecule has 1 aromatic rings. The molecule has 3 heteroatoms. The second-order valence-corrected chi connectivity index (χ2v) is 5.32. The van der Waals surface area contributed by atoms with Crippen LogP contribution in [0.4, 0.5) is 0 Å². The van der Waals surface area contributed by atoms with Crippen molar-refractivity contribution in [1.82, 2.24) is 5.32 Å². The minimum Gasteiger partial charge on any atom is -0.497 e. The number of hydrogen-bond donors (Lipinski definition) is 1. The van der Waals surface area contributed by atoms with Crippen LogP contribution in [-0.4, -0.2) is 19.6 Å². The molecule has 0 fully saturated rings. The van der Waals surface area contributed by atoms with E-state index in [1.807, 2.05) is 13.0 Å². The van der Waals surface area contributed by atoms with Gasteiger partial charge in [-0.15, -0.1) is 0 Å². The third-order valence-electron chi connectivity index (χ3n) is 4.04. The van der Waals surface area contributed by atoms with Gasteiger partial charge < -0.3 is 10.1 Å². The molecule has 1 aliphatic rings. The van der Waals surface area contributed by atoms with Crippen molar-refractivity contribution in [3.8, 4) is 5.75 Å². The van der Waals surface area contributed by atoms with Crippen molar-refractivity contribution in [3.05, 3.63) is 29.3 Å². The molecule has 0 saturated heterocycles. The zero-order chi connectivity index (χ0) is 13.8. The van der Waals surface area contributed by atoms with Gasteiger partial charge in [0, 0.05) is 13.0 Å². The Bertz CT molecular complexity index is 456. The van der Waals surface area contributed by atoms with Crippen LogP contribution < -0.4 is 10.1 Å². The highest BCUT2D eigenvalue weighted by Crippen LogP contribution is 2.44. The monoisotopic (exact) mass is 261 g/mol. The molecular formula is C16H23NO2. The Hall–Kier alpha value is -1.51. The first-order chi connectivity index (χ1) is 9.15. The van der Waals surface area contributed by atoms with Gasteiger partial charge in [-0.05, 0) is 47.9 Å². The summed E-state index contributed by atoms with van der Waals surface area (Å²) in [5, 5.41) is 2.96. The van der Waals surface area contributed by atoms with E-state index >= 15 is 0 Å². The van der Waals surface area contributed by atoms with Crippen molar-refractivity contribution < 1.29 is 9.53 Å². The molecule has 0 heterocycles. The largest absolute Gasteiger partial charge is 0.497 e. The number of benzene rings is 1. The molecule has 1 aromatic carbocycles. The van der Waals surface area contributed by atoms with Gasteiger partial charge in [-0.25, -0.2) is 0 Å². The number of methoxy groups -OCH3 is 1. The van der Waals surface area contributed by atoms with Gasteiger partial charge in [-0.3, -0.25) is 4.79 Å². The van der Waals surface area contributed by atoms with Gasteiger partial charge in [-0.2, -0.15) is 0 Å². The molecule has 1 N–H and O–H groups in total. The van der Waals surface area contributed by atoms with Crippen LogP contribution in [0.25, 0.3) is 0 Å². The number of fused-ring (bicyclic) bond motifs is 1. The van der Waals surface area contributed by atoms with E-state index in [1.54, 1.807) is 7.11 Å². The first-order valence-corrected chi connectivity index (χ1v) is 7.10. The third-order valence-corrected chi connectivity index (χ3v) is 4.04. The first kappa shape index (κ1) is 13.9. The van der Waals surface area contributed by atoms with Gasteiger partial charge in [0.1, 0.15) is 5.75 Å². The zero-order valence-corrected chi connectivity index (χ0v) is 12.0. The predicted octanol–water partition coefficient (Wildman–Crippen LogP) is 3.20. The number of carbonyl (C=O) groups excluding carboxylic acids is 1. The maximum Gasteiger partial charge on any atom is 0.219 e. The van der Waals surface area contributed by atoms with E-state index in [4.69, 9.17) is 4.74 Å². The summed E-state index contributed by atoms with van der Waals surface area (Å²) < 4.78 is 5.31. The molecule has 0 radical (unpaired) electrons. The van der Waals surface area contributed by atoms with E-state index in [2.05, 4.69) is 24.4 Å². The molecular weight excluding hydrogens is 238 g/mol. The summed E-state index contributed by atoms with van der Waals surface area (Å²) >= 11 is 0. The highest BCUT2D eigenvalue weighted by atomic mass is 16.5. The highest BCUT2D eigenvalue weighted by molar-refractivity contribution is 5.75. The average molecular weight is 261 g/mol. The minimum absolute atomic E-state index is 0.136. The van der Waals surface area contributed by atoms with Crippen LogP contribution in [0.2, 0.25) is 0 Å². The van der Waals surface area contributed by atoms with Crippen molar-refractivity contribution in [2.45, 2.75) is 44.9 Å². The fraction of sp³-hybridized carbons (Fsp3) is 0.562. The van der Waals surface area contributed by atoms with Crippen LogP contribution in [0.15, 0.2) is 18.2 Å². The lowest BCUT2D eigenvalue weighted by atomic mass is 9.97. The molecule has 2 rings (SSSR count). The Morgan fingerprint density at radius 3 is 2.89 bits per heavy atom. The fourth-order valence-electron chi connectivity index (χ4n) is 2.95. The number of amides is 1. The quantitative estimate of drug-likeness (QED) is 0.884. The maximum absolute atomic E-state index is 11.3. The van der Waals surface area contributed by atoms with Crippen LogP contribution in [0.3, 0.4) is 0 Å². The molecule has 104 valence electrons. The molecule has 1 amide bonds. The second-order valence-electron chi connectivity index (χ2n) is 5.32. The van der Waals surface area contributed by atoms with Crippen molar-refractivity contribution in [2.24, 2.45) is 0 Å². The van der Waals surface area contributed by atoms with Crippen molar-refractivity contribution in [3.63, 3.8) is 0 Å². The fourth-order valence-corrected chi connectivity index (χ4v) is 2.95. The summed E-state index contributed by atoms with van der Waals surface area (Å²) in [4.78, 5) is 11.3. The molecule has 1 aliphatic carbocycles. The average Bonchev–Trinajstić information content (AvgIpc) is 2.74. The molecule has 19 heavy (non-hydrogen) atoms. The van der Waals surface area contributed by atoms with Crippen LogP contribution in [-0.2, 0) is 4.79 Å². The summed E-state index contributed by atoms with van der Waals surface area (Å²) in [7, 11) is 1.70. The van der Waals surface area contributed by atoms with E-state index in [-0.39, 0.29) is 5.91 Å². The molecule has 0 saturated carbocycles. The van der Waals surface area contributed by atoms with Crippen LogP contribution in [0.5, 0.6) is 5.75 Å². The smallest absolute Gasteiger partial charge is 0.219 e. The van der Waals surface area contributed by atoms with Gasteiger partial charge in [0.05, 0.1) is 7.11 Å². The molecule has 2 atom stereocenters. The number of nitrogens with one attached hydrogen (secondary N) is 1. The second kappa shape index (κ2) is 6.09. The molecule has 0 aromatic heterocycles. The summed E-state index contributed by atoms with van der Waals surface area (Å²) in [5.74, 6) is 2.21. The number of hydrogen-bond acceptors (Lipinski definition) is 2. The summed E-state index contributed by atoms with van der Waals surface area (Å²) in [6.07, 6.45) is 2.74. The van der Waals surface area contributed by atoms with Crippen molar-refractivity contribution >= 4 is 5.91 Å². The van der Waals surface area contributed by atoms with Gasteiger partial charge in [-0.1, -0.05) is 19.9 Å². The van der Waals surface area contributed by atoms with Gasteiger partial charge >= 0.3 is 0 Å². The Labute approximate surface area is 115 Å². The predicted molar refractivity (Wildman–Crippen MR) is 76.7 cm³/mol. The van der Waals surface area contributed by atoms with E-state index in [0.717, 1.165) is 18.7 Å². The summed E-state index contributed by atoms with van der Waals surface area (Å²) in [5.41, 5.74) is 2.84. The summed E-state index contributed by atoms with van der Waals surface area (Å²) in [6.45, 7) is 4.92. The number of rotatable bonds is 5. The van der Waals surface area contributed by atoms with Gasteiger partial charge in [0.15, 0.2) is 0 Å². The number of carbonyl (C=O) groups is 1. The summed E-state index contributed by atoms with van der Waals surface area (Å²) in [6, 6.07) is 6.38. The third kappa shape index (κ3) is 3.09. The molecule has 0 spiro atoms. The lowest BCUT2D eigenvalue weighted by molar-refractivity contribution is -0.120. The minimum atomic E-state index is 0.136. The molecule has 0 bridgehead atoms. The Morgan fingerprint density at radius 2 is 2.21 bits per heavy atom. The highest BCUT2D eigenvalue weighted by Gasteiger charge is 2.28. The lowest BCUT2D eigenvalue weighted by Gasteiger charge is -2.13. The zero-order valence-electron chi connectivity index (χ0n) is 12.0. The lowest BCUT2D eigenvalue weighted by Crippen LogP contribution is -2.24. The van der Waals surface area contributed by atoms with Crippen LogP contribution >= 0.6 is 0 Å². The SMILES string of the molecule is CCC(=O)NCCC1CC(C)c2ccc(OC)cc21. The van der Waals surface area contributed by atoms with E-state index in [9.17, 15) is 4.79 Å². The van der Waals surface area contributed by atoms with Gasteiger partial charge in [0.2, 0.25) is 5.91 Å². The van der Waals surface area contributed by atoms with E-state index in [1.165, 1.54) is 17.5 Å². The van der Waals surface area contributed by atoms with Crippen LogP contribution in [0, 0.1) is 0 Å². The van der Waals surface area contributed by atoms with Gasteiger partial charge in [0.25, 0.3) is 0 Å². The number of ether oxygens (including phenoxy) is 1. The van der Waals surface area contributed by atoms with E-state index in [0.29, 0.717) is 18.3 Å². The first-order valence-electron chi connectivity index (χ1n) is 7.10. The standard InChI is InChI=1S/C16H23NO2/c1-4-16(18)17-8-7-12-9-11(2)14-6-5-13(19-3)10-15(12)14/h5-6,10-12H,4,7-9H2,1-3H3,(H,17,18). The molecule has 0 aliphatic heterocycles. The van der Waals surface area contributed by atoms with Crippen molar-refractivity contribution in [1.29, 1.82) is 0 Å². The molecule has 3 nitrogen and oxygen atoms in total. The topological polar surface area (TPSA) is 38.3 Å². The molecule has 2 unspecified atom stereocenters. The van der Waals surface area contributed by atoms with E-state index < -0.39 is 0 Å². The van der Waals surface area contributed by atoms with Crippen LogP contribution in [0.1, 0.15) is 56.1 Å². The Morgan fingerprint density at radius 1 is 1.42 bits per heavy atom. The van der Waals surface area contributed by atoms with Crippen molar-refractivity contribution in [2.75, 3.05) is 13.7 Å². The maximum atomic E-state index is 11.3. The Balaban J connectivity index is 2.03. The normalized spacial score (nSPS) is 21.0. The Kier molecular flexibility index (Phi) is 4.46.